The smallest absolute Gasteiger partial charge is 0.183 e. The molecular formula is C12H18N2OS. The fraction of sp³-hybridized carbons (Fsp3) is 0.667. The zero-order chi connectivity index (χ0) is 11.5. The Bertz CT molecular complexity index is 380. The van der Waals surface area contributed by atoms with Gasteiger partial charge in [0.2, 0.25) is 0 Å². The third kappa shape index (κ3) is 2.26. The Balaban J connectivity index is 2.29. The fourth-order valence-electron chi connectivity index (χ4n) is 2.33. The Kier molecular flexibility index (Phi) is 3.59. The van der Waals surface area contributed by atoms with Crippen LogP contribution in [0.25, 0.3) is 0 Å². The molecule has 0 radical (unpaired) electrons. The van der Waals surface area contributed by atoms with E-state index in [0.717, 1.165) is 5.13 Å². The maximum absolute atomic E-state index is 11.6. The number of thiazole rings is 1. The number of aromatic nitrogens is 1. The highest BCUT2D eigenvalue weighted by Crippen LogP contribution is 2.39. The van der Waals surface area contributed by atoms with E-state index in [0.29, 0.717) is 11.6 Å². The Labute approximate surface area is 100 Å². The summed E-state index contributed by atoms with van der Waals surface area (Å²) in [5.74, 6) is 0.658. The minimum atomic E-state index is 0.0957. The molecule has 1 aliphatic rings. The Morgan fingerprint density at radius 3 is 2.62 bits per heavy atom. The van der Waals surface area contributed by atoms with Gasteiger partial charge >= 0.3 is 0 Å². The first-order chi connectivity index (χ1) is 7.72. The van der Waals surface area contributed by atoms with Crippen LogP contribution in [0.2, 0.25) is 0 Å². The van der Waals surface area contributed by atoms with E-state index in [1.807, 2.05) is 7.05 Å². The highest BCUT2D eigenvalue weighted by Gasteiger charge is 2.24. The fourth-order valence-corrected chi connectivity index (χ4v) is 3.47. The van der Waals surface area contributed by atoms with Crippen molar-refractivity contribution in [3.8, 4) is 0 Å². The number of carbonyl (C=O) groups excluding carboxylic acids is 1. The van der Waals surface area contributed by atoms with Gasteiger partial charge in [0.25, 0.3) is 0 Å². The predicted molar refractivity (Wildman–Crippen MR) is 67.5 cm³/mol. The molecule has 1 heterocycles. The van der Waals surface area contributed by atoms with Crippen molar-refractivity contribution in [3.05, 3.63) is 10.6 Å². The van der Waals surface area contributed by atoms with Crippen LogP contribution in [0.3, 0.4) is 0 Å². The molecule has 1 aliphatic carbocycles. The zero-order valence-electron chi connectivity index (χ0n) is 9.88. The molecule has 0 bridgehead atoms. The third-order valence-corrected chi connectivity index (χ3v) is 4.41. The molecule has 0 amide bonds. The molecule has 1 aromatic heterocycles. The van der Waals surface area contributed by atoms with Crippen molar-refractivity contribution < 1.29 is 4.79 Å². The van der Waals surface area contributed by atoms with Crippen LogP contribution in [-0.4, -0.2) is 17.8 Å². The van der Waals surface area contributed by atoms with Crippen LogP contribution in [0.15, 0.2) is 0 Å². The van der Waals surface area contributed by atoms with Gasteiger partial charge in [-0.2, -0.15) is 0 Å². The monoisotopic (exact) mass is 238 g/mol. The molecule has 88 valence electrons. The molecule has 0 aliphatic heterocycles. The average Bonchev–Trinajstić information content (AvgIpc) is 2.74. The van der Waals surface area contributed by atoms with Gasteiger partial charge in [0.15, 0.2) is 10.9 Å². The summed E-state index contributed by atoms with van der Waals surface area (Å²) >= 11 is 1.65. The van der Waals surface area contributed by atoms with E-state index >= 15 is 0 Å². The van der Waals surface area contributed by atoms with Crippen molar-refractivity contribution >= 4 is 22.3 Å². The van der Waals surface area contributed by atoms with E-state index < -0.39 is 0 Å². The first-order valence-electron chi connectivity index (χ1n) is 5.91. The van der Waals surface area contributed by atoms with Gasteiger partial charge in [0.05, 0.1) is 0 Å². The van der Waals surface area contributed by atoms with E-state index in [1.54, 1.807) is 18.3 Å². The SMILES string of the molecule is CNc1nc(C(C)=O)c(C2CCCCC2)s1. The highest BCUT2D eigenvalue weighted by atomic mass is 32.1. The van der Waals surface area contributed by atoms with Gasteiger partial charge in [-0.05, 0) is 18.8 Å². The molecule has 1 aromatic rings. The topological polar surface area (TPSA) is 42.0 Å². The minimum Gasteiger partial charge on any atom is -0.365 e. The number of hydrogen-bond acceptors (Lipinski definition) is 4. The predicted octanol–water partition coefficient (Wildman–Crippen LogP) is 3.44. The van der Waals surface area contributed by atoms with Gasteiger partial charge in [-0.25, -0.2) is 4.98 Å². The highest BCUT2D eigenvalue weighted by molar-refractivity contribution is 7.16. The molecule has 1 saturated carbocycles. The third-order valence-electron chi connectivity index (χ3n) is 3.18. The second kappa shape index (κ2) is 4.95. The number of anilines is 1. The molecule has 0 spiro atoms. The van der Waals surface area contributed by atoms with Crippen molar-refractivity contribution in [1.82, 2.24) is 4.98 Å². The van der Waals surface area contributed by atoms with Gasteiger partial charge in [-0.3, -0.25) is 4.79 Å². The zero-order valence-corrected chi connectivity index (χ0v) is 10.7. The van der Waals surface area contributed by atoms with Crippen LogP contribution in [0.5, 0.6) is 0 Å². The van der Waals surface area contributed by atoms with Crippen LogP contribution >= 0.6 is 11.3 Å². The molecule has 2 rings (SSSR count). The van der Waals surface area contributed by atoms with Crippen LogP contribution in [-0.2, 0) is 0 Å². The summed E-state index contributed by atoms with van der Waals surface area (Å²) in [4.78, 5) is 17.1. The lowest BCUT2D eigenvalue weighted by Gasteiger charge is -2.20. The number of carbonyl (C=O) groups is 1. The van der Waals surface area contributed by atoms with Crippen LogP contribution < -0.4 is 5.32 Å². The van der Waals surface area contributed by atoms with Gasteiger partial charge in [-0.15, -0.1) is 11.3 Å². The van der Waals surface area contributed by atoms with Crippen LogP contribution in [0, 0.1) is 0 Å². The molecule has 1 fully saturated rings. The molecule has 16 heavy (non-hydrogen) atoms. The van der Waals surface area contributed by atoms with E-state index in [-0.39, 0.29) is 5.78 Å². The number of rotatable bonds is 3. The van der Waals surface area contributed by atoms with Crippen molar-refractivity contribution in [2.75, 3.05) is 12.4 Å². The average molecular weight is 238 g/mol. The lowest BCUT2D eigenvalue weighted by atomic mass is 9.87. The quantitative estimate of drug-likeness (QED) is 0.820. The largest absolute Gasteiger partial charge is 0.365 e. The maximum Gasteiger partial charge on any atom is 0.183 e. The molecule has 3 nitrogen and oxygen atoms in total. The lowest BCUT2D eigenvalue weighted by Crippen LogP contribution is -2.07. The Hall–Kier alpha value is -0.900. The van der Waals surface area contributed by atoms with Crippen molar-refractivity contribution in [2.45, 2.75) is 44.9 Å². The number of hydrogen-bond donors (Lipinski definition) is 1. The number of nitrogens with zero attached hydrogens (tertiary/aromatic N) is 1. The van der Waals surface area contributed by atoms with E-state index in [1.165, 1.54) is 37.0 Å². The van der Waals surface area contributed by atoms with Crippen LogP contribution in [0.4, 0.5) is 5.13 Å². The van der Waals surface area contributed by atoms with Crippen LogP contribution in [0.1, 0.15) is 60.3 Å². The van der Waals surface area contributed by atoms with E-state index in [2.05, 4.69) is 10.3 Å². The van der Waals surface area contributed by atoms with Gasteiger partial charge in [0.1, 0.15) is 5.69 Å². The summed E-state index contributed by atoms with van der Waals surface area (Å²) in [7, 11) is 1.85. The van der Waals surface area contributed by atoms with Gasteiger partial charge < -0.3 is 5.32 Å². The first kappa shape index (κ1) is 11.6. The number of Topliss-reactive ketones (excluding diaryl/α,β-unsaturated/α-hetero) is 1. The molecule has 1 N–H and O–H groups in total. The summed E-state index contributed by atoms with van der Waals surface area (Å²) in [5.41, 5.74) is 0.696. The Morgan fingerprint density at radius 2 is 2.06 bits per heavy atom. The van der Waals surface area contributed by atoms with Crippen molar-refractivity contribution in [1.29, 1.82) is 0 Å². The number of nitrogens with one attached hydrogen (secondary N) is 1. The minimum absolute atomic E-state index is 0.0957. The van der Waals surface area contributed by atoms with Gasteiger partial charge in [-0.1, -0.05) is 19.3 Å². The molecule has 0 aromatic carbocycles. The summed E-state index contributed by atoms with van der Waals surface area (Å²) < 4.78 is 0. The molecular weight excluding hydrogens is 220 g/mol. The van der Waals surface area contributed by atoms with E-state index in [4.69, 9.17) is 0 Å². The van der Waals surface area contributed by atoms with Gasteiger partial charge in [0, 0.05) is 18.8 Å². The summed E-state index contributed by atoms with van der Waals surface area (Å²) in [5, 5.41) is 3.90. The Morgan fingerprint density at radius 1 is 1.38 bits per heavy atom. The first-order valence-corrected chi connectivity index (χ1v) is 6.73. The molecule has 4 heteroatoms. The summed E-state index contributed by atoms with van der Waals surface area (Å²) in [6, 6.07) is 0. The lowest BCUT2D eigenvalue weighted by molar-refractivity contribution is 0.101. The molecule has 0 atom stereocenters. The van der Waals surface area contributed by atoms with Crippen molar-refractivity contribution in [3.63, 3.8) is 0 Å². The number of ketones is 1. The summed E-state index contributed by atoms with van der Waals surface area (Å²) in [6.45, 7) is 1.61. The molecule has 0 unspecified atom stereocenters. The maximum atomic E-state index is 11.6. The standard InChI is InChI=1S/C12H18N2OS/c1-8(15)10-11(16-12(13-2)14-10)9-6-4-3-5-7-9/h9H,3-7H2,1-2H3,(H,13,14). The normalized spacial score (nSPS) is 17.4. The summed E-state index contributed by atoms with van der Waals surface area (Å²) in [6.07, 6.45) is 6.34. The second-order valence-corrected chi connectivity index (χ2v) is 5.40. The second-order valence-electron chi connectivity index (χ2n) is 4.37. The van der Waals surface area contributed by atoms with E-state index in [9.17, 15) is 4.79 Å². The molecule has 0 saturated heterocycles. The van der Waals surface area contributed by atoms with Crippen molar-refractivity contribution in [2.24, 2.45) is 0 Å².